The van der Waals surface area contributed by atoms with E-state index in [1.165, 1.54) is 0 Å². The first-order valence-electron chi connectivity index (χ1n) is 5.83. The minimum absolute atomic E-state index is 0.473. The molecule has 0 aliphatic rings. The molecule has 19 heavy (non-hydrogen) atoms. The summed E-state index contributed by atoms with van der Waals surface area (Å²) in [5.74, 6) is 1.05. The second-order valence-electron chi connectivity index (χ2n) is 4.18. The number of nitrogens with one attached hydrogen (secondary N) is 1. The third-order valence-electron chi connectivity index (χ3n) is 2.58. The van der Waals surface area contributed by atoms with E-state index in [0.29, 0.717) is 28.2 Å². The number of rotatable bonds is 4. The lowest BCUT2D eigenvalue weighted by molar-refractivity contribution is 0.462. The maximum absolute atomic E-state index is 6.12. The van der Waals surface area contributed by atoms with E-state index in [2.05, 4.69) is 10.3 Å². The lowest BCUT2D eigenvalue weighted by Crippen LogP contribution is -2.06. The molecule has 2 aromatic rings. The monoisotopic (exact) mass is 296 g/mol. The molecule has 1 heterocycles. The Hall–Kier alpha value is -1.29. The van der Waals surface area contributed by atoms with E-state index in [-0.39, 0.29) is 0 Å². The number of benzene rings is 1. The quantitative estimate of drug-likeness (QED) is 0.918. The second-order valence-corrected chi connectivity index (χ2v) is 4.99. The molecule has 1 aromatic heterocycles. The molecular weight excluding hydrogens is 283 g/mol. The fourth-order valence-electron chi connectivity index (χ4n) is 1.64. The number of nitrogens with zero attached hydrogens (tertiary/aromatic N) is 1. The Morgan fingerprint density at radius 1 is 1.21 bits per heavy atom. The van der Waals surface area contributed by atoms with Crippen molar-refractivity contribution in [3.63, 3.8) is 0 Å². The van der Waals surface area contributed by atoms with Crippen molar-refractivity contribution in [2.45, 2.75) is 13.5 Å². The summed E-state index contributed by atoms with van der Waals surface area (Å²) in [4.78, 5) is 4.14. The highest BCUT2D eigenvalue weighted by molar-refractivity contribution is 6.32. The van der Waals surface area contributed by atoms with Crippen LogP contribution in [-0.4, -0.2) is 12.0 Å². The van der Waals surface area contributed by atoms with Gasteiger partial charge in [-0.25, -0.2) is 4.98 Å². The van der Waals surface area contributed by atoms with Gasteiger partial charge in [0.05, 0.1) is 10.0 Å². The standard InChI is InChI=1S/C14H14Cl2N2O/c1-9-3-4-13(11(15)5-9)19-14-6-10(7-17-2)12(16)8-18-14/h3-6,8,17H,7H2,1-2H3. The summed E-state index contributed by atoms with van der Waals surface area (Å²) >= 11 is 12.2. The van der Waals surface area contributed by atoms with Crippen LogP contribution in [0.2, 0.25) is 10.0 Å². The predicted octanol–water partition coefficient (Wildman–Crippen LogP) is 4.21. The minimum Gasteiger partial charge on any atom is -0.437 e. The first-order valence-corrected chi connectivity index (χ1v) is 6.59. The van der Waals surface area contributed by atoms with E-state index in [4.69, 9.17) is 27.9 Å². The molecular formula is C14H14Cl2N2O. The highest BCUT2D eigenvalue weighted by Gasteiger charge is 2.07. The average molecular weight is 297 g/mol. The van der Waals surface area contributed by atoms with Gasteiger partial charge in [-0.05, 0) is 37.2 Å². The molecule has 0 saturated heterocycles. The molecule has 0 unspecified atom stereocenters. The molecule has 1 N–H and O–H groups in total. The van der Waals surface area contributed by atoms with Gasteiger partial charge >= 0.3 is 0 Å². The Morgan fingerprint density at radius 3 is 2.68 bits per heavy atom. The van der Waals surface area contributed by atoms with Gasteiger partial charge in [-0.2, -0.15) is 0 Å². The number of halogens is 2. The minimum atomic E-state index is 0.473. The van der Waals surface area contributed by atoms with Crippen molar-refractivity contribution in [3.8, 4) is 11.6 Å². The van der Waals surface area contributed by atoms with E-state index in [9.17, 15) is 0 Å². The van der Waals surface area contributed by atoms with Crippen LogP contribution in [0.15, 0.2) is 30.5 Å². The van der Waals surface area contributed by atoms with Gasteiger partial charge in [0.15, 0.2) is 0 Å². The van der Waals surface area contributed by atoms with Gasteiger partial charge in [-0.3, -0.25) is 0 Å². The van der Waals surface area contributed by atoms with Crippen molar-refractivity contribution in [3.05, 3.63) is 51.6 Å². The number of aromatic nitrogens is 1. The normalized spacial score (nSPS) is 10.5. The molecule has 5 heteroatoms. The summed E-state index contributed by atoms with van der Waals surface area (Å²) in [6, 6.07) is 7.41. The summed E-state index contributed by atoms with van der Waals surface area (Å²) in [6.45, 7) is 2.63. The summed E-state index contributed by atoms with van der Waals surface area (Å²) in [7, 11) is 1.86. The Morgan fingerprint density at radius 2 is 2.00 bits per heavy atom. The fourth-order valence-corrected chi connectivity index (χ4v) is 2.09. The molecule has 1 aromatic carbocycles. The second kappa shape index (κ2) is 6.24. The number of ether oxygens (including phenoxy) is 1. The topological polar surface area (TPSA) is 34.1 Å². The number of aryl methyl sites for hydroxylation is 1. The Labute approximate surface area is 122 Å². The molecule has 0 bridgehead atoms. The van der Waals surface area contributed by atoms with Crippen LogP contribution in [0, 0.1) is 6.92 Å². The zero-order valence-electron chi connectivity index (χ0n) is 10.7. The van der Waals surface area contributed by atoms with Crippen molar-refractivity contribution in [1.82, 2.24) is 10.3 Å². The summed E-state index contributed by atoms with van der Waals surface area (Å²) in [5.41, 5.74) is 2.01. The SMILES string of the molecule is CNCc1cc(Oc2ccc(C)cc2Cl)ncc1Cl. The molecule has 0 aliphatic carbocycles. The lowest BCUT2D eigenvalue weighted by atomic mass is 10.2. The van der Waals surface area contributed by atoms with Crippen molar-refractivity contribution < 1.29 is 4.74 Å². The van der Waals surface area contributed by atoms with E-state index in [1.807, 2.05) is 32.2 Å². The summed E-state index contributed by atoms with van der Waals surface area (Å²) in [5, 5.41) is 4.21. The number of hydrogen-bond donors (Lipinski definition) is 1. The summed E-state index contributed by atoms with van der Waals surface area (Å²) in [6.07, 6.45) is 1.58. The maximum atomic E-state index is 6.12. The third kappa shape index (κ3) is 3.60. The van der Waals surface area contributed by atoms with Gasteiger partial charge in [-0.1, -0.05) is 29.3 Å². The van der Waals surface area contributed by atoms with Gasteiger partial charge < -0.3 is 10.1 Å². The molecule has 3 nitrogen and oxygen atoms in total. The Bertz CT molecular complexity index is 588. The van der Waals surface area contributed by atoms with Crippen molar-refractivity contribution in [1.29, 1.82) is 0 Å². The van der Waals surface area contributed by atoms with E-state index < -0.39 is 0 Å². The van der Waals surface area contributed by atoms with Crippen LogP contribution in [0.3, 0.4) is 0 Å². The number of pyridine rings is 1. The molecule has 0 radical (unpaired) electrons. The van der Waals surface area contributed by atoms with E-state index in [0.717, 1.165) is 11.1 Å². The van der Waals surface area contributed by atoms with Gasteiger partial charge in [0.1, 0.15) is 5.75 Å². The van der Waals surface area contributed by atoms with Gasteiger partial charge in [0, 0.05) is 18.8 Å². The number of hydrogen-bond acceptors (Lipinski definition) is 3. The zero-order valence-corrected chi connectivity index (χ0v) is 12.2. The first kappa shape index (κ1) is 14.1. The highest BCUT2D eigenvalue weighted by atomic mass is 35.5. The van der Waals surface area contributed by atoms with Gasteiger partial charge in [-0.15, -0.1) is 0 Å². The van der Waals surface area contributed by atoms with Crippen molar-refractivity contribution in [2.24, 2.45) is 0 Å². The van der Waals surface area contributed by atoms with Crippen LogP contribution in [0.25, 0.3) is 0 Å². The zero-order chi connectivity index (χ0) is 13.8. The Kier molecular flexibility index (Phi) is 4.64. The molecule has 0 aliphatic heterocycles. The van der Waals surface area contributed by atoms with Crippen LogP contribution in [-0.2, 0) is 6.54 Å². The highest BCUT2D eigenvalue weighted by Crippen LogP contribution is 2.30. The van der Waals surface area contributed by atoms with Crippen molar-refractivity contribution in [2.75, 3.05) is 7.05 Å². The van der Waals surface area contributed by atoms with Crippen LogP contribution < -0.4 is 10.1 Å². The van der Waals surface area contributed by atoms with Crippen LogP contribution in [0.4, 0.5) is 0 Å². The summed E-state index contributed by atoms with van der Waals surface area (Å²) < 4.78 is 5.68. The largest absolute Gasteiger partial charge is 0.437 e. The van der Waals surface area contributed by atoms with Crippen LogP contribution >= 0.6 is 23.2 Å². The van der Waals surface area contributed by atoms with Crippen LogP contribution in [0.1, 0.15) is 11.1 Å². The smallest absolute Gasteiger partial charge is 0.219 e. The first-order chi connectivity index (χ1) is 9.10. The molecule has 100 valence electrons. The molecule has 0 saturated carbocycles. The Balaban J connectivity index is 2.25. The molecule has 0 spiro atoms. The molecule has 2 rings (SSSR count). The average Bonchev–Trinajstić information content (AvgIpc) is 2.37. The maximum Gasteiger partial charge on any atom is 0.219 e. The van der Waals surface area contributed by atoms with Gasteiger partial charge in [0.2, 0.25) is 5.88 Å². The molecule has 0 atom stereocenters. The van der Waals surface area contributed by atoms with Crippen LogP contribution in [0.5, 0.6) is 11.6 Å². The van der Waals surface area contributed by atoms with Crippen molar-refractivity contribution >= 4 is 23.2 Å². The lowest BCUT2D eigenvalue weighted by Gasteiger charge is -2.09. The fraction of sp³-hybridized carbons (Fsp3) is 0.214. The third-order valence-corrected chi connectivity index (χ3v) is 3.21. The van der Waals surface area contributed by atoms with E-state index >= 15 is 0 Å². The predicted molar refractivity (Wildman–Crippen MR) is 78.3 cm³/mol. The molecule has 0 amide bonds. The molecule has 0 fully saturated rings. The van der Waals surface area contributed by atoms with Gasteiger partial charge in [0.25, 0.3) is 0 Å². The van der Waals surface area contributed by atoms with E-state index in [1.54, 1.807) is 12.3 Å².